The fourth-order valence-electron chi connectivity index (χ4n) is 1.83. The summed E-state index contributed by atoms with van der Waals surface area (Å²) in [7, 11) is 0. The van der Waals surface area contributed by atoms with Gasteiger partial charge in [-0.2, -0.15) is 15.5 Å². The zero-order chi connectivity index (χ0) is 13.2. The Kier molecular flexibility index (Phi) is 3.26. The van der Waals surface area contributed by atoms with Crippen LogP contribution in [-0.2, 0) is 6.42 Å². The number of hydrogen-bond acceptors (Lipinski definition) is 4. The van der Waals surface area contributed by atoms with Gasteiger partial charge in [-0.3, -0.25) is 0 Å². The van der Waals surface area contributed by atoms with Gasteiger partial charge in [-0.25, -0.2) is 0 Å². The molecule has 92 valence electrons. The highest BCUT2D eigenvalue weighted by Gasteiger charge is 2.14. The number of hydrogen-bond donors (Lipinski definition) is 1. The molecular formula is C14H15N3O. The van der Waals surface area contributed by atoms with Crippen LogP contribution in [0.5, 0.6) is 0 Å². The summed E-state index contributed by atoms with van der Waals surface area (Å²) in [5.74, 6) is 0. The van der Waals surface area contributed by atoms with Gasteiger partial charge in [0.25, 0.3) is 0 Å². The van der Waals surface area contributed by atoms with Crippen LogP contribution in [0, 0.1) is 11.3 Å². The maximum absolute atomic E-state index is 9.74. The van der Waals surface area contributed by atoms with Gasteiger partial charge in [-0.1, -0.05) is 6.07 Å². The first kappa shape index (κ1) is 12.5. The second-order valence-electron chi connectivity index (χ2n) is 5.02. The van der Waals surface area contributed by atoms with Crippen LogP contribution in [0.25, 0.3) is 10.8 Å². The summed E-state index contributed by atoms with van der Waals surface area (Å²) >= 11 is 0. The molecule has 4 nitrogen and oxygen atoms in total. The molecule has 1 heterocycles. The first-order chi connectivity index (χ1) is 8.49. The zero-order valence-electron chi connectivity index (χ0n) is 10.5. The van der Waals surface area contributed by atoms with E-state index in [0.717, 1.165) is 16.5 Å². The van der Waals surface area contributed by atoms with Crippen LogP contribution in [0.1, 0.15) is 31.5 Å². The maximum atomic E-state index is 9.74. The van der Waals surface area contributed by atoms with Crippen LogP contribution in [0.3, 0.4) is 0 Å². The fraction of sp³-hybridized carbons (Fsp3) is 0.357. The van der Waals surface area contributed by atoms with Gasteiger partial charge >= 0.3 is 0 Å². The molecule has 18 heavy (non-hydrogen) atoms. The number of aliphatic hydroxyl groups is 1. The van der Waals surface area contributed by atoms with Crippen LogP contribution in [0.15, 0.2) is 24.4 Å². The van der Waals surface area contributed by atoms with Crippen molar-refractivity contribution in [3.63, 3.8) is 0 Å². The minimum absolute atomic E-state index is 0.615. The van der Waals surface area contributed by atoms with E-state index < -0.39 is 5.60 Å². The van der Waals surface area contributed by atoms with Gasteiger partial charge in [0.05, 0.1) is 29.1 Å². The van der Waals surface area contributed by atoms with E-state index in [1.807, 2.05) is 6.07 Å². The van der Waals surface area contributed by atoms with Crippen molar-refractivity contribution in [3.8, 4) is 6.07 Å². The van der Waals surface area contributed by atoms with Gasteiger partial charge in [-0.05, 0) is 38.8 Å². The molecule has 2 rings (SSSR count). The molecule has 0 saturated heterocycles. The van der Waals surface area contributed by atoms with Crippen molar-refractivity contribution in [2.45, 2.75) is 32.3 Å². The van der Waals surface area contributed by atoms with Gasteiger partial charge in [0.1, 0.15) is 0 Å². The van der Waals surface area contributed by atoms with Crippen molar-refractivity contribution in [3.05, 3.63) is 35.7 Å². The maximum Gasteiger partial charge on any atom is 0.0991 e. The highest BCUT2D eigenvalue weighted by atomic mass is 16.3. The van der Waals surface area contributed by atoms with Gasteiger partial charge in [-0.15, -0.1) is 0 Å². The lowest BCUT2D eigenvalue weighted by Gasteiger charge is -2.16. The molecule has 0 unspecified atom stereocenters. The van der Waals surface area contributed by atoms with Crippen LogP contribution in [0.4, 0.5) is 0 Å². The number of aryl methyl sites for hydroxylation is 1. The molecule has 4 heteroatoms. The van der Waals surface area contributed by atoms with Crippen LogP contribution >= 0.6 is 0 Å². The Bertz CT molecular complexity index is 608. The molecule has 1 aromatic carbocycles. The Morgan fingerprint density at radius 3 is 2.83 bits per heavy atom. The number of nitriles is 1. The summed E-state index contributed by atoms with van der Waals surface area (Å²) in [6, 6.07) is 7.58. The standard InChI is InChI=1S/C14H15N3O/c1-14(2,18)6-5-13-12-4-3-10(8-15)7-11(12)9-16-17-13/h3-4,7,9,18H,5-6H2,1-2H3. The van der Waals surface area contributed by atoms with Crippen LogP contribution in [-0.4, -0.2) is 20.9 Å². The predicted molar refractivity (Wildman–Crippen MR) is 68.9 cm³/mol. The van der Waals surface area contributed by atoms with Gasteiger partial charge in [0, 0.05) is 10.8 Å². The number of rotatable bonds is 3. The molecule has 0 spiro atoms. The molecule has 1 aromatic heterocycles. The Balaban J connectivity index is 2.37. The highest BCUT2D eigenvalue weighted by molar-refractivity contribution is 5.84. The van der Waals surface area contributed by atoms with Gasteiger partial charge < -0.3 is 5.11 Å². The lowest BCUT2D eigenvalue weighted by molar-refractivity contribution is 0.0712. The SMILES string of the molecule is CC(C)(O)CCc1nncc2cc(C#N)ccc12. The lowest BCUT2D eigenvalue weighted by Crippen LogP contribution is -2.19. The number of aromatic nitrogens is 2. The lowest BCUT2D eigenvalue weighted by atomic mass is 9.99. The molecule has 0 atom stereocenters. The first-order valence-corrected chi connectivity index (χ1v) is 5.86. The van der Waals surface area contributed by atoms with E-state index in [9.17, 15) is 5.11 Å². The normalized spacial score (nSPS) is 11.4. The number of nitrogens with zero attached hydrogens (tertiary/aromatic N) is 3. The monoisotopic (exact) mass is 241 g/mol. The smallest absolute Gasteiger partial charge is 0.0991 e. The molecule has 2 aromatic rings. The van der Waals surface area contributed by atoms with E-state index in [1.165, 1.54) is 0 Å². The van der Waals surface area contributed by atoms with Gasteiger partial charge in [0.2, 0.25) is 0 Å². The fourth-order valence-corrected chi connectivity index (χ4v) is 1.83. The summed E-state index contributed by atoms with van der Waals surface area (Å²) in [6.45, 7) is 3.55. The molecule has 0 bridgehead atoms. The van der Waals surface area contributed by atoms with Gasteiger partial charge in [0.15, 0.2) is 0 Å². The molecule has 0 saturated carbocycles. The second-order valence-corrected chi connectivity index (χ2v) is 5.02. The summed E-state index contributed by atoms with van der Waals surface area (Å²) < 4.78 is 0. The molecular weight excluding hydrogens is 226 g/mol. The zero-order valence-corrected chi connectivity index (χ0v) is 10.5. The van der Waals surface area contributed by atoms with Crippen molar-refractivity contribution in [2.75, 3.05) is 0 Å². The summed E-state index contributed by atoms with van der Waals surface area (Å²) in [5.41, 5.74) is 0.763. The average Bonchev–Trinajstić information content (AvgIpc) is 2.34. The minimum atomic E-state index is -0.712. The summed E-state index contributed by atoms with van der Waals surface area (Å²) in [5, 5.41) is 28.6. The van der Waals surface area contributed by atoms with E-state index in [1.54, 1.807) is 32.2 Å². The third kappa shape index (κ3) is 2.82. The van der Waals surface area contributed by atoms with Crippen molar-refractivity contribution in [1.82, 2.24) is 10.2 Å². The van der Waals surface area contributed by atoms with Crippen molar-refractivity contribution in [2.24, 2.45) is 0 Å². The van der Waals surface area contributed by atoms with E-state index in [0.29, 0.717) is 18.4 Å². The van der Waals surface area contributed by atoms with E-state index in [4.69, 9.17) is 5.26 Å². The molecule has 0 aliphatic heterocycles. The number of benzene rings is 1. The molecule has 0 aliphatic rings. The quantitative estimate of drug-likeness (QED) is 0.894. The molecule has 1 N–H and O–H groups in total. The van der Waals surface area contributed by atoms with E-state index in [-0.39, 0.29) is 0 Å². The van der Waals surface area contributed by atoms with Crippen LogP contribution < -0.4 is 0 Å². The predicted octanol–water partition coefficient (Wildman–Crippen LogP) is 2.20. The highest BCUT2D eigenvalue weighted by Crippen LogP contribution is 2.20. The van der Waals surface area contributed by atoms with E-state index in [2.05, 4.69) is 16.3 Å². The Morgan fingerprint density at radius 2 is 2.17 bits per heavy atom. The third-order valence-corrected chi connectivity index (χ3v) is 2.84. The number of fused-ring (bicyclic) bond motifs is 1. The topological polar surface area (TPSA) is 69.8 Å². The summed E-state index contributed by atoms with van der Waals surface area (Å²) in [6.07, 6.45) is 2.95. The average molecular weight is 241 g/mol. The molecule has 0 aliphatic carbocycles. The molecule has 0 amide bonds. The minimum Gasteiger partial charge on any atom is -0.390 e. The second kappa shape index (κ2) is 4.71. The van der Waals surface area contributed by atoms with Crippen molar-refractivity contribution in [1.29, 1.82) is 5.26 Å². The van der Waals surface area contributed by atoms with Crippen molar-refractivity contribution >= 4 is 10.8 Å². The molecule has 0 radical (unpaired) electrons. The van der Waals surface area contributed by atoms with Crippen LogP contribution in [0.2, 0.25) is 0 Å². The van der Waals surface area contributed by atoms with Crippen molar-refractivity contribution < 1.29 is 5.11 Å². The molecule has 0 fully saturated rings. The largest absolute Gasteiger partial charge is 0.390 e. The Labute approximate surface area is 106 Å². The Morgan fingerprint density at radius 1 is 1.39 bits per heavy atom. The summed E-state index contributed by atoms with van der Waals surface area (Å²) in [4.78, 5) is 0. The Hall–Kier alpha value is -1.99. The van der Waals surface area contributed by atoms with E-state index >= 15 is 0 Å². The first-order valence-electron chi connectivity index (χ1n) is 5.86. The third-order valence-electron chi connectivity index (χ3n) is 2.84.